The Kier molecular flexibility index (Phi) is 11.8. The topological polar surface area (TPSA) is 64.6 Å². The molecule has 14 heteroatoms. The van der Waals surface area contributed by atoms with Gasteiger partial charge in [-0.25, -0.2) is 0 Å². The zero-order chi connectivity index (χ0) is 34.0. The van der Waals surface area contributed by atoms with Crippen LogP contribution in [-0.2, 0) is 28.8 Å². The second-order valence-electron chi connectivity index (χ2n) is 18.7. The molecular formula is C28H70O7Si7. The lowest BCUT2D eigenvalue weighted by Gasteiger charge is -2.62. The summed E-state index contributed by atoms with van der Waals surface area (Å²) in [6.45, 7) is 51.3. The molecule has 0 bridgehead atoms. The van der Waals surface area contributed by atoms with Crippen molar-refractivity contribution in [3.05, 3.63) is 0 Å². The lowest BCUT2D eigenvalue weighted by atomic mass is 10.2. The molecule has 1 heterocycles. The van der Waals surface area contributed by atoms with E-state index >= 15 is 0 Å². The van der Waals surface area contributed by atoms with Crippen molar-refractivity contribution >= 4 is 59.9 Å². The van der Waals surface area contributed by atoms with E-state index in [4.69, 9.17) is 28.8 Å². The molecule has 0 spiro atoms. The van der Waals surface area contributed by atoms with E-state index in [0.717, 1.165) is 0 Å². The second-order valence-corrected chi connectivity index (χ2v) is 47.3. The highest BCUT2D eigenvalue weighted by Crippen LogP contribution is 2.62. The van der Waals surface area contributed by atoms with E-state index in [-0.39, 0.29) is 25.7 Å². The van der Waals surface area contributed by atoms with E-state index in [1.165, 1.54) is 0 Å². The van der Waals surface area contributed by atoms with Crippen LogP contribution in [-0.4, -0.2) is 59.9 Å². The van der Waals surface area contributed by atoms with E-state index in [2.05, 4.69) is 156 Å². The zero-order valence-corrected chi connectivity index (χ0v) is 38.9. The standard InChI is InChI=1S/C28H70O7Si7/c1-24(2)40(23)32-38(19,20)30-36(15,16)29-37(17,18)31-39(21,22)33-41(25(3,4)5,26(6,7)8)35-42(34-40,27(9,10)11)28(12,13)14/h24H,1-23H3. The van der Waals surface area contributed by atoms with Crippen LogP contribution in [0.25, 0.3) is 0 Å². The SMILES string of the molecule is CC(C)[Si]1(C)O[Si](C)(C)O[Si](C)(C)O[Si](C)(C)O[Si](C)(C)O[Si](C(C)(C)C)(C(C)(C)C)O[Si](C(C)(C)C)(C(C)(C)C)O1. The molecule has 0 aromatic carbocycles. The number of hydrogen-bond acceptors (Lipinski definition) is 7. The normalized spacial score (nSPS) is 29.1. The van der Waals surface area contributed by atoms with Gasteiger partial charge in [-0.3, -0.25) is 0 Å². The van der Waals surface area contributed by atoms with Crippen LogP contribution in [0.3, 0.4) is 0 Å². The molecule has 1 fully saturated rings. The molecule has 0 aromatic rings. The Bertz CT molecular complexity index is 914. The molecule has 0 amide bonds. The van der Waals surface area contributed by atoms with Crippen molar-refractivity contribution in [1.82, 2.24) is 0 Å². The first-order chi connectivity index (χ1) is 17.9. The summed E-state index contributed by atoms with van der Waals surface area (Å²) < 4.78 is 51.6. The van der Waals surface area contributed by atoms with Gasteiger partial charge in [0.05, 0.1) is 0 Å². The summed E-state index contributed by atoms with van der Waals surface area (Å²) in [5.74, 6) is 0. The maximum atomic E-state index is 8.09. The molecule has 42 heavy (non-hydrogen) atoms. The Morgan fingerprint density at radius 1 is 0.333 bits per heavy atom. The minimum absolute atomic E-state index is 0.174. The molecule has 1 aliphatic rings. The molecule has 0 aliphatic carbocycles. The van der Waals surface area contributed by atoms with Gasteiger partial charge in [0.2, 0.25) is 0 Å². The summed E-state index contributed by atoms with van der Waals surface area (Å²) >= 11 is 0. The van der Waals surface area contributed by atoms with Crippen molar-refractivity contribution in [2.45, 2.75) is 182 Å². The van der Waals surface area contributed by atoms with Crippen LogP contribution in [0.2, 0.25) is 84.6 Å². The van der Waals surface area contributed by atoms with Gasteiger partial charge >= 0.3 is 59.9 Å². The van der Waals surface area contributed by atoms with Gasteiger partial charge in [0, 0.05) is 20.2 Å². The van der Waals surface area contributed by atoms with E-state index in [9.17, 15) is 0 Å². The summed E-state index contributed by atoms with van der Waals surface area (Å²) in [5, 5.41) is -1.17. The first-order valence-corrected chi connectivity index (χ1v) is 33.1. The number of rotatable bonds is 1. The fourth-order valence-electron chi connectivity index (χ4n) is 6.95. The Balaban J connectivity index is 4.42. The Morgan fingerprint density at radius 2 is 0.571 bits per heavy atom. The predicted octanol–water partition coefficient (Wildman–Crippen LogP) is 10.5. The molecular weight excluding hydrogens is 645 g/mol. The lowest BCUT2D eigenvalue weighted by Crippen LogP contribution is -2.75. The first kappa shape index (κ1) is 41.3. The van der Waals surface area contributed by atoms with Crippen LogP contribution in [0, 0.1) is 0 Å². The van der Waals surface area contributed by atoms with E-state index in [1.807, 2.05) is 0 Å². The summed E-state index contributed by atoms with van der Waals surface area (Å²) in [4.78, 5) is 0. The Hall–Kier alpha value is 1.24. The molecule has 1 unspecified atom stereocenters. The van der Waals surface area contributed by atoms with Crippen LogP contribution in [0.4, 0.5) is 0 Å². The monoisotopic (exact) mass is 714 g/mol. The maximum absolute atomic E-state index is 8.09. The van der Waals surface area contributed by atoms with Gasteiger partial charge in [0.25, 0.3) is 0 Å². The van der Waals surface area contributed by atoms with E-state index in [1.54, 1.807) is 0 Å². The summed E-state index contributed by atoms with van der Waals surface area (Å²) in [5.41, 5.74) is 0.174. The highest BCUT2D eigenvalue weighted by molar-refractivity contribution is 6.96. The van der Waals surface area contributed by atoms with Gasteiger partial charge in [0.1, 0.15) is 0 Å². The fourth-order valence-corrected chi connectivity index (χ4v) is 51.7. The molecule has 1 saturated heterocycles. The van der Waals surface area contributed by atoms with Crippen molar-refractivity contribution in [3.8, 4) is 0 Å². The molecule has 0 radical (unpaired) electrons. The minimum atomic E-state index is -3.24. The minimum Gasteiger partial charge on any atom is -0.416 e. The van der Waals surface area contributed by atoms with Crippen molar-refractivity contribution < 1.29 is 28.8 Å². The first-order valence-electron chi connectivity index (χ1n) is 15.8. The zero-order valence-electron chi connectivity index (χ0n) is 31.9. The summed E-state index contributed by atoms with van der Waals surface area (Å²) in [6.07, 6.45) is 0. The lowest BCUT2D eigenvalue weighted by molar-refractivity contribution is 0.174. The molecule has 0 saturated carbocycles. The Morgan fingerprint density at radius 3 is 0.833 bits per heavy atom. The predicted molar refractivity (Wildman–Crippen MR) is 195 cm³/mol. The van der Waals surface area contributed by atoms with Crippen molar-refractivity contribution in [3.63, 3.8) is 0 Å². The van der Waals surface area contributed by atoms with Gasteiger partial charge in [-0.2, -0.15) is 0 Å². The van der Waals surface area contributed by atoms with Gasteiger partial charge in [-0.15, -0.1) is 0 Å². The highest BCUT2D eigenvalue weighted by atomic mass is 28.5. The largest absolute Gasteiger partial charge is 0.416 e. The number of hydrogen-bond donors (Lipinski definition) is 0. The molecule has 0 aromatic heterocycles. The molecule has 252 valence electrons. The van der Waals surface area contributed by atoms with E-state index in [0.29, 0.717) is 0 Å². The smallest absolute Gasteiger partial charge is 0.331 e. The third-order valence-corrected chi connectivity index (χ3v) is 41.5. The molecule has 7 nitrogen and oxygen atoms in total. The van der Waals surface area contributed by atoms with Crippen LogP contribution in [0.1, 0.15) is 96.9 Å². The maximum Gasteiger partial charge on any atom is 0.331 e. The quantitative estimate of drug-likeness (QED) is 0.251. The van der Waals surface area contributed by atoms with Crippen LogP contribution >= 0.6 is 0 Å². The van der Waals surface area contributed by atoms with Gasteiger partial charge < -0.3 is 28.8 Å². The average molecular weight is 715 g/mol. The average Bonchev–Trinajstić information content (AvgIpc) is 2.57. The van der Waals surface area contributed by atoms with Crippen molar-refractivity contribution in [1.29, 1.82) is 0 Å². The van der Waals surface area contributed by atoms with Crippen LogP contribution < -0.4 is 0 Å². The summed E-state index contributed by atoms with van der Waals surface area (Å²) in [7, 11) is -20.2. The van der Waals surface area contributed by atoms with Crippen LogP contribution in [0.15, 0.2) is 0 Å². The van der Waals surface area contributed by atoms with Crippen molar-refractivity contribution in [2.75, 3.05) is 0 Å². The third-order valence-electron chi connectivity index (χ3n) is 7.94. The van der Waals surface area contributed by atoms with Gasteiger partial charge in [0.15, 0.2) is 0 Å². The highest BCUT2D eigenvalue weighted by Gasteiger charge is 2.71. The second kappa shape index (κ2) is 12.0. The fraction of sp³-hybridized carbons (Fsp3) is 1.00. The van der Waals surface area contributed by atoms with Crippen molar-refractivity contribution in [2.24, 2.45) is 0 Å². The molecule has 1 rings (SSSR count). The third kappa shape index (κ3) is 9.19. The summed E-state index contributed by atoms with van der Waals surface area (Å²) in [6, 6.07) is 0. The molecule has 1 aliphatic heterocycles. The molecule has 1 atom stereocenters. The van der Waals surface area contributed by atoms with Gasteiger partial charge in [-0.1, -0.05) is 96.9 Å². The van der Waals surface area contributed by atoms with Crippen LogP contribution in [0.5, 0.6) is 0 Å². The van der Waals surface area contributed by atoms with Gasteiger partial charge in [-0.05, 0) is 64.5 Å². The Labute approximate surface area is 269 Å². The van der Waals surface area contributed by atoms with E-state index < -0.39 is 59.9 Å². The molecule has 0 N–H and O–H groups in total.